The number of benzene rings is 7. The molecule has 0 bridgehead atoms. The molecule has 7 aromatic carbocycles. The van der Waals surface area contributed by atoms with Gasteiger partial charge in [-0.2, -0.15) is 0 Å². The Morgan fingerprint density at radius 1 is 0.396 bits per heavy atom. The van der Waals surface area contributed by atoms with Crippen LogP contribution in [0.2, 0.25) is 0 Å². The van der Waals surface area contributed by atoms with Crippen LogP contribution in [0.25, 0.3) is 94.3 Å². The summed E-state index contributed by atoms with van der Waals surface area (Å²) in [5.41, 5.74) is 13.6. The molecule has 4 heteroatoms. The van der Waals surface area contributed by atoms with Crippen molar-refractivity contribution in [2.75, 3.05) is 0 Å². The van der Waals surface area contributed by atoms with Crippen molar-refractivity contribution in [1.29, 1.82) is 0 Å². The molecule has 0 unspecified atom stereocenters. The Kier molecular flexibility index (Phi) is 7.22. The minimum absolute atomic E-state index is 0.671. The molecule has 10 aromatic rings. The van der Waals surface area contributed by atoms with E-state index in [4.69, 9.17) is 15.0 Å². The van der Waals surface area contributed by atoms with Gasteiger partial charge in [0.15, 0.2) is 5.82 Å². The standard InChI is InChI=1S/C49H34N4/c1-31-17-21-33(22-18-31)41-30-42(34-23-19-32(2)20-24-34)52-49(51-41)36-25-26-38-39-27-28-45-46(47(39)48(50-43(38)29-36)35-11-5-3-6-12-35)40-15-9-10-16-44(40)53(45)37-13-7-4-8-14-37/h3-30H,1-2H3. The van der Waals surface area contributed by atoms with Crippen LogP contribution in [0.5, 0.6) is 0 Å². The van der Waals surface area contributed by atoms with Gasteiger partial charge in [0, 0.05) is 49.5 Å². The van der Waals surface area contributed by atoms with Crippen molar-refractivity contribution in [1.82, 2.24) is 19.5 Å². The molecule has 0 spiro atoms. The van der Waals surface area contributed by atoms with Gasteiger partial charge in [0.1, 0.15) is 0 Å². The van der Waals surface area contributed by atoms with Crippen molar-refractivity contribution >= 4 is 43.5 Å². The van der Waals surface area contributed by atoms with Crippen LogP contribution in [-0.4, -0.2) is 19.5 Å². The average Bonchev–Trinajstić information content (AvgIpc) is 3.56. The van der Waals surface area contributed by atoms with Gasteiger partial charge in [0.25, 0.3) is 0 Å². The van der Waals surface area contributed by atoms with Gasteiger partial charge in [-0.1, -0.05) is 145 Å². The third kappa shape index (κ3) is 5.27. The van der Waals surface area contributed by atoms with E-state index >= 15 is 0 Å². The monoisotopic (exact) mass is 678 g/mol. The molecule has 10 rings (SSSR count). The second kappa shape index (κ2) is 12.4. The van der Waals surface area contributed by atoms with Crippen molar-refractivity contribution in [3.8, 4) is 50.8 Å². The minimum Gasteiger partial charge on any atom is -0.309 e. The SMILES string of the molecule is Cc1ccc(-c2cc(-c3ccc(C)cc3)nc(-c3ccc4c(c3)nc(-c3ccccc3)c3c4ccc4c3c3ccccc3n4-c3ccccc3)n2)cc1. The Hall–Kier alpha value is -6.91. The second-order valence-electron chi connectivity index (χ2n) is 13.8. The molecule has 0 fully saturated rings. The van der Waals surface area contributed by atoms with E-state index in [9.17, 15) is 0 Å². The van der Waals surface area contributed by atoms with Gasteiger partial charge in [-0.05, 0) is 55.6 Å². The first-order valence-corrected chi connectivity index (χ1v) is 18.0. The molecule has 0 N–H and O–H groups in total. The van der Waals surface area contributed by atoms with Gasteiger partial charge in [-0.3, -0.25) is 0 Å². The molecule has 0 saturated carbocycles. The van der Waals surface area contributed by atoms with E-state index < -0.39 is 0 Å². The zero-order valence-corrected chi connectivity index (χ0v) is 29.5. The summed E-state index contributed by atoms with van der Waals surface area (Å²) in [6.45, 7) is 4.21. The highest BCUT2D eigenvalue weighted by atomic mass is 15.0. The summed E-state index contributed by atoms with van der Waals surface area (Å²) in [7, 11) is 0. The number of aromatic nitrogens is 4. The van der Waals surface area contributed by atoms with Gasteiger partial charge >= 0.3 is 0 Å². The van der Waals surface area contributed by atoms with E-state index in [0.29, 0.717) is 5.82 Å². The largest absolute Gasteiger partial charge is 0.309 e. The number of para-hydroxylation sites is 2. The van der Waals surface area contributed by atoms with Crippen LogP contribution in [0.3, 0.4) is 0 Å². The number of fused-ring (bicyclic) bond motifs is 7. The summed E-state index contributed by atoms with van der Waals surface area (Å²) in [4.78, 5) is 15.8. The number of pyridine rings is 1. The summed E-state index contributed by atoms with van der Waals surface area (Å²) in [6, 6.07) is 60.1. The van der Waals surface area contributed by atoms with Crippen molar-refractivity contribution in [3.05, 3.63) is 181 Å². The Balaban J connectivity index is 1.24. The van der Waals surface area contributed by atoms with Crippen LogP contribution in [0, 0.1) is 13.8 Å². The van der Waals surface area contributed by atoms with Crippen molar-refractivity contribution < 1.29 is 0 Å². The highest BCUT2D eigenvalue weighted by Crippen LogP contribution is 2.43. The summed E-state index contributed by atoms with van der Waals surface area (Å²) in [6.07, 6.45) is 0. The molecule has 0 amide bonds. The smallest absolute Gasteiger partial charge is 0.160 e. The van der Waals surface area contributed by atoms with E-state index in [1.54, 1.807) is 0 Å². The topological polar surface area (TPSA) is 43.6 Å². The number of nitrogens with zero attached hydrogens (tertiary/aromatic N) is 4. The Bertz CT molecular complexity index is 2920. The third-order valence-corrected chi connectivity index (χ3v) is 10.3. The molecule has 4 nitrogen and oxygen atoms in total. The maximum Gasteiger partial charge on any atom is 0.160 e. The fraction of sp³-hybridized carbons (Fsp3) is 0.0408. The number of hydrogen-bond donors (Lipinski definition) is 0. The molecular formula is C49H34N4. The summed E-state index contributed by atoms with van der Waals surface area (Å²) in [5, 5.41) is 5.82. The van der Waals surface area contributed by atoms with E-state index in [-0.39, 0.29) is 0 Å². The minimum atomic E-state index is 0.671. The maximum atomic E-state index is 5.51. The van der Waals surface area contributed by atoms with Crippen LogP contribution in [-0.2, 0) is 0 Å². The lowest BCUT2D eigenvalue weighted by Gasteiger charge is -2.14. The molecule has 0 radical (unpaired) electrons. The summed E-state index contributed by atoms with van der Waals surface area (Å²) >= 11 is 0. The first kappa shape index (κ1) is 30.9. The first-order valence-electron chi connectivity index (χ1n) is 18.0. The van der Waals surface area contributed by atoms with Gasteiger partial charge < -0.3 is 4.57 Å². The first-order chi connectivity index (χ1) is 26.1. The molecule has 0 atom stereocenters. The molecular weight excluding hydrogens is 645 g/mol. The molecule has 0 aliphatic carbocycles. The van der Waals surface area contributed by atoms with Crippen LogP contribution in [0.15, 0.2) is 170 Å². The van der Waals surface area contributed by atoms with Gasteiger partial charge in [-0.15, -0.1) is 0 Å². The third-order valence-electron chi connectivity index (χ3n) is 10.3. The van der Waals surface area contributed by atoms with Crippen LogP contribution >= 0.6 is 0 Å². The molecule has 53 heavy (non-hydrogen) atoms. The predicted octanol–water partition coefficient (Wildman–Crippen LogP) is 12.6. The number of rotatable bonds is 5. The van der Waals surface area contributed by atoms with Gasteiger partial charge in [0.05, 0.1) is 33.6 Å². The van der Waals surface area contributed by atoms with E-state index in [1.165, 1.54) is 32.8 Å². The Morgan fingerprint density at radius 3 is 1.66 bits per heavy atom. The highest BCUT2D eigenvalue weighted by molar-refractivity contribution is 6.28. The lowest BCUT2D eigenvalue weighted by Crippen LogP contribution is -1.97. The van der Waals surface area contributed by atoms with Crippen molar-refractivity contribution in [2.24, 2.45) is 0 Å². The van der Waals surface area contributed by atoms with Crippen LogP contribution in [0.4, 0.5) is 0 Å². The molecule has 0 aliphatic rings. The van der Waals surface area contributed by atoms with E-state index in [0.717, 1.165) is 66.8 Å². The van der Waals surface area contributed by atoms with Crippen molar-refractivity contribution in [3.63, 3.8) is 0 Å². The zero-order valence-electron chi connectivity index (χ0n) is 29.5. The zero-order chi connectivity index (χ0) is 35.5. The summed E-state index contributed by atoms with van der Waals surface area (Å²) in [5.74, 6) is 0.671. The normalized spacial score (nSPS) is 11.6. The van der Waals surface area contributed by atoms with Gasteiger partial charge in [-0.25, -0.2) is 15.0 Å². The van der Waals surface area contributed by atoms with Crippen molar-refractivity contribution in [2.45, 2.75) is 13.8 Å². The quantitative estimate of drug-likeness (QED) is 0.170. The number of hydrogen-bond acceptors (Lipinski definition) is 3. The second-order valence-corrected chi connectivity index (χ2v) is 13.8. The lowest BCUT2D eigenvalue weighted by molar-refractivity contribution is 1.18. The number of aryl methyl sites for hydroxylation is 2. The molecule has 0 saturated heterocycles. The average molecular weight is 679 g/mol. The maximum absolute atomic E-state index is 5.51. The molecule has 0 aliphatic heterocycles. The molecule has 3 heterocycles. The fourth-order valence-corrected chi connectivity index (χ4v) is 7.68. The van der Waals surface area contributed by atoms with E-state index in [2.05, 4.69) is 188 Å². The molecule has 250 valence electrons. The van der Waals surface area contributed by atoms with Gasteiger partial charge in [0.2, 0.25) is 0 Å². The van der Waals surface area contributed by atoms with Crippen LogP contribution < -0.4 is 0 Å². The van der Waals surface area contributed by atoms with Crippen LogP contribution in [0.1, 0.15) is 11.1 Å². The Morgan fingerprint density at radius 2 is 0.981 bits per heavy atom. The fourth-order valence-electron chi connectivity index (χ4n) is 7.68. The Labute approximate surface area is 307 Å². The van der Waals surface area contributed by atoms with E-state index in [1.807, 2.05) is 0 Å². The molecule has 3 aromatic heterocycles. The highest BCUT2D eigenvalue weighted by Gasteiger charge is 2.20. The predicted molar refractivity (Wildman–Crippen MR) is 220 cm³/mol. The lowest BCUT2D eigenvalue weighted by atomic mass is 9.95. The summed E-state index contributed by atoms with van der Waals surface area (Å²) < 4.78 is 2.37.